The molecule has 0 heterocycles. The van der Waals surface area contributed by atoms with Crippen molar-refractivity contribution in [1.82, 2.24) is 0 Å². The molecule has 3 rings (SSSR count). The molecule has 0 aliphatic heterocycles. The average molecular weight is 194 g/mol. The van der Waals surface area contributed by atoms with E-state index in [4.69, 9.17) is 0 Å². The third-order valence-electron chi connectivity index (χ3n) is 2.80. The Morgan fingerprint density at radius 3 is 2.53 bits per heavy atom. The van der Waals surface area contributed by atoms with E-state index in [1.807, 2.05) is 42.5 Å². The summed E-state index contributed by atoms with van der Waals surface area (Å²) in [6.07, 6.45) is 0.987. The third-order valence-corrected chi connectivity index (χ3v) is 2.80. The van der Waals surface area contributed by atoms with Crippen molar-refractivity contribution in [3.63, 3.8) is 0 Å². The van der Waals surface area contributed by atoms with E-state index in [0.717, 1.165) is 17.5 Å². The monoisotopic (exact) mass is 194 g/mol. The topological polar surface area (TPSA) is 17.1 Å². The molecule has 0 spiro atoms. The van der Waals surface area contributed by atoms with Crippen molar-refractivity contribution < 1.29 is 4.79 Å². The number of carbonyl (C=O) groups excluding carboxylic acids is 1. The van der Waals surface area contributed by atoms with Crippen LogP contribution in [0.25, 0.3) is 0 Å². The third kappa shape index (κ3) is 1.37. The quantitative estimate of drug-likeness (QED) is 0.573. The molecule has 0 amide bonds. The standard InChI is InChI=1S/C14H10O/c15-14(10-5-2-1-3-6-10)12-8-4-7-11-9-13(11)12/h1-8H,9H2. The lowest BCUT2D eigenvalue weighted by Crippen LogP contribution is -2.00. The normalized spacial score (nSPS) is 12.0. The van der Waals surface area contributed by atoms with Gasteiger partial charge in [-0.15, -0.1) is 0 Å². The maximum Gasteiger partial charge on any atom is 0.193 e. The molecule has 0 saturated carbocycles. The molecule has 0 N–H and O–H groups in total. The molecule has 1 aliphatic rings. The highest BCUT2D eigenvalue weighted by Gasteiger charge is 2.24. The minimum atomic E-state index is 0.143. The molecule has 0 bridgehead atoms. The molecular weight excluding hydrogens is 184 g/mol. The van der Waals surface area contributed by atoms with Crippen LogP contribution in [0.4, 0.5) is 0 Å². The molecule has 0 unspecified atom stereocenters. The summed E-state index contributed by atoms with van der Waals surface area (Å²) in [5, 5.41) is 0. The fraction of sp³-hybridized carbons (Fsp3) is 0.0714. The van der Waals surface area contributed by atoms with Crippen LogP contribution in [0.2, 0.25) is 0 Å². The van der Waals surface area contributed by atoms with Crippen LogP contribution in [0, 0.1) is 0 Å². The molecule has 0 aromatic heterocycles. The summed E-state index contributed by atoms with van der Waals surface area (Å²) in [4.78, 5) is 12.1. The van der Waals surface area contributed by atoms with Gasteiger partial charge in [0.2, 0.25) is 0 Å². The van der Waals surface area contributed by atoms with E-state index in [-0.39, 0.29) is 5.78 Å². The fourth-order valence-corrected chi connectivity index (χ4v) is 1.89. The number of ketones is 1. The van der Waals surface area contributed by atoms with Crippen LogP contribution < -0.4 is 0 Å². The minimum Gasteiger partial charge on any atom is -0.289 e. The highest BCUT2D eigenvalue weighted by molar-refractivity contribution is 6.10. The molecule has 0 atom stereocenters. The second-order valence-electron chi connectivity index (χ2n) is 3.82. The Labute approximate surface area is 88.4 Å². The lowest BCUT2D eigenvalue weighted by molar-refractivity contribution is 0.103. The van der Waals surface area contributed by atoms with E-state index in [9.17, 15) is 4.79 Å². The Balaban J connectivity index is 2.04. The highest BCUT2D eigenvalue weighted by atomic mass is 16.1. The highest BCUT2D eigenvalue weighted by Crippen LogP contribution is 2.32. The van der Waals surface area contributed by atoms with Gasteiger partial charge in [-0.1, -0.05) is 48.5 Å². The number of carbonyl (C=O) groups is 1. The molecule has 2 aromatic carbocycles. The Morgan fingerprint density at radius 2 is 1.73 bits per heavy atom. The zero-order valence-corrected chi connectivity index (χ0v) is 8.23. The van der Waals surface area contributed by atoms with E-state index in [2.05, 4.69) is 6.07 Å². The Morgan fingerprint density at radius 1 is 0.933 bits per heavy atom. The van der Waals surface area contributed by atoms with E-state index >= 15 is 0 Å². The summed E-state index contributed by atoms with van der Waals surface area (Å²) in [5.74, 6) is 0.143. The minimum absolute atomic E-state index is 0.143. The van der Waals surface area contributed by atoms with Crippen molar-refractivity contribution in [2.75, 3.05) is 0 Å². The second-order valence-corrected chi connectivity index (χ2v) is 3.82. The van der Waals surface area contributed by atoms with Crippen molar-refractivity contribution >= 4 is 5.78 Å². The van der Waals surface area contributed by atoms with E-state index in [0.29, 0.717) is 0 Å². The van der Waals surface area contributed by atoms with Crippen LogP contribution in [-0.4, -0.2) is 5.78 Å². The molecule has 1 nitrogen and oxygen atoms in total. The van der Waals surface area contributed by atoms with Crippen LogP contribution in [0.5, 0.6) is 0 Å². The predicted octanol–water partition coefficient (Wildman–Crippen LogP) is 2.82. The summed E-state index contributed by atoms with van der Waals surface area (Å²) in [5.41, 5.74) is 4.19. The van der Waals surface area contributed by atoms with Crippen molar-refractivity contribution in [2.24, 2.45) is 0 Å². The van der Waals surface area contributed by atoms with Crippen LogP contribution in [0.1, 0.15) is 27.0 Å². The molecule has 72 valence electrons. The smallest absolute Gasteiger partial charge is 0.193 e. The first-order chi connectivity index (χ1) is 7.36. The predicted molar refractivity (Wildman–Crippen MR) is 59.1 cm³/mol. The summed E-state index contributed by atoms with van der Waals surface area (Å²) in [6, 6.07) is 15.4. The first-order valence-electron chi connectivity index (χ1n) is 5.07. The van der Waals surface area contributed by atoms with Gasteiger partial charge in [0.25, 0.3) is 0 Å². The maximum absolute atomic E-state index is 12.1. The van der Waals surface area contributed by atoms with Gasteiger partial charge in [0, 0.05) is 11.1 Å². The van der Waals surface area contributed by atoms with Crippen LogP contribution >= 0.6 is 0 Å². The molecule has 1 heteroatoms. The van der Waals surface area contributed by atoms with Crippen LogP contribution in [-0.2, 0) is 6.42 Å². The Bertz CT molecular complexity index is 526. The molecular formula is C14H10O. The number of benzene rings is 2. The number of hydrogen-bond acceptors (Lipinski definition) is 1. The van der Waals surface area contributed by atoms with Crippen molar-refractivity contribution in [3.8, 4) is 0 Å². The molecule has 0 fully saturated rings. The largest absolute Gasteiger partial charge is 0.289 e. The summed E-state index contributed by atoms with van der Waals surface area (Å²) in [7, 11) is 0. The maximum atomic E-state index is 12.1. The van der Waals surface area contributed by atoms with Gasteiger partial charge >= 0.3 is 0 Å². The molecule has 2 aromatic rings. The zero-order valence-electron chi connectivity index (χ0n) is 8.23. The number of fused-ring (bicyclic) bond motifs is 1. The van der Waals surface area contributed by atoms with Crippen molar-refractivity contribution in [2.45, 2.75) is 6.42 Å². The first-order valence-corrected chi connectivity index (χ1v) is 5.07. The lowest BCUT2D eigenvalue weighted by Gasteiger charge is -1.99. The zero-order chi connectivity index (χ0) is 10.3. The molecule has 15 heavy (non-hydrogen) atoms. The van der Waals surface area contributed by atoms with Gasteiger partial charge in [-0.05, 0) is 17.5 Å². The molecule has 0 radical (unpaired) electrons. The number of hydrogen-bond donors (Lipinski definition) is 0. The fourth-order valence-electron chi connectivity index (χ4n) is 1.89. The number of rotatable bonds is 2. The van der Waals surface area contributed by atoms with E-state index in [1.165, 1.54) is 11.1 Å². The molecule has 1 aliphatic carbocycles. The van der Waals surface area contributed by atoms with Gasteiger partial charge in [0.15, 0.2) is 5.78 Å². The second kappa shape index (κ2) is 3.06. The van der Waals surface area contributed by atoms with Crippen molar-refractivity contribution in [1.29, 1.82) is 0 Å². The first kappa shape index (κ1) is 8.42. The summed E-state index contributed by atoms with van der Waals surface area (Å²) in [6.45, 7) is 0. The van der Waals surface area contributed by atoms with Gasteiger partial charge < -0.3 is 0 Å². The van der Waals surface area contributed by atoms with Gasteiger partial charge in [-0.25, -0.2) is 0 Å². The average Bonchev–Trinajstić information content (AvgIpc) is 3.08. The lowest BCUT2D eigenvalue weighted by atomic mass is 10.0. The van der Waals surface area contributed by atoms with Gasteiger partial charge in [0.05, 0.1) is 0 Å². The molecule has 0 saturated heterocycles. The van der Waals surface area contributed by atoms with Crippen molar-refractivity contribution in [3.05, 3.63) is 70.8 Å². The SMILES string of the molecule is O=C(c1ccccc1)c1cccc2c1C2. The summed E-state index contributed by atoms with van der Waals surface area (Å²) < 4.78 is 0. The van der Waals surface area contributed by atoms with Gasteiger partial charge in [-0.2, -0.15) is 0 Å². The Hall–Kier alpha value is -1.89. The van der Waals surface area contributed by atoms with E-state index in [1.54, 1.807) is 0 Å². The van der Waals surface area contributed by atoms with Gasteiger partial charge in [0.1, 0.15) is 0 Å². The van der Waals surface area contributed by atoms with Crippen LogP contribution in [0.15, 0.2) is 48.5 Å². The van der Waals surface area contributed by atoms with E-state index < -0.39 is 0 Å². The van der Waals surface area contributed by atoms with Crippen LogP contribution in [0.3, 0.4) is 0 Å². The van der Waals surface area contributed by atoms with Gasteiger partial charge in [-0.3, -0.25) is 4.79 Å². The summed E-state index contributed by atoms with van der Waals surface area (Å²) >= 11 is 0. The Kier molecular flexibility index (Phi) is 1.72.